The SMILES string of the molecule is Cc1cc(Oc2c(C)cccc2N)cc(C)c1Cl. The van der Waals surface area contributed by atoms with Crippen LogP contribution in [0.3, 0.4) is 0 Å². The lowest BCUT2D eigenvalue weighted by Crippen LogP contribution is -1.95. The van der Waals surface area contributed by atoms with Gasteiger partial charge in [0, 0.05) is 5.02 Å². The molecule has 2 aromatic carbocycles. The van der Waals surface area contributed by atoms with E-state index in [9.17, 15) is 0 Å². The summed E-state index contributed by atoms with van der Waals surface area (Å²) in [6.45, 7) is 5.90. The molecule has 2 aromatic rings. The highest BCUT2D eigenvalue weighted by Gasteiger charge is 2.08. The van der Waals surface area contributed by atoms with Gasteiger partial charge in [0.25, 0.3) is 0 Å². The van der Waals surface area contributed by atoms with Gasteiger partial charge in [-0.2, -0.15) is 0 Å². The van der Waals surface area contributed by atoms with Gasteiger partial charge in [0.05, 0.1) is 5.69 Å². The van der Waals surface area contributed by atoms with E-state index in [-0.39, 0.29) is 0 Å². The first-order chi connectivity index (χ1) is 8.49. The summed E-state index contributed by atoms with van der Waals surface area (Å²) in [5.41, 5.74) is 9.58. The summed E-state index contributed by atoms with van der Waals surface area (Å²) in [7, 11) is 0. The van der Waals surface area contributed by atoms with Crippen molar-refractivity contribution in [3.63, 3.8) is 0 Å². The monoisotopic (exact) mass is 261 g/mol. The molecule has 0 heterocycles. The zero-order chi connectivity index (χ0) is 13.3. The number of anilines is 1. The van der Waals surface area contributed by atoms with Crippen molar-refractivity contribution in [3.05, 3.63) is 52.0 Å². The van der Waals surface area contributed by atoms with Crippen LogP contribution in [-0.2, 0) is 0 Å². The molecule has 2 nitrogen and oxygen atoms in total. The van der Waals surface area contributed by atoms with Crippen LogP contribution in [0.4, 0.5) is 5.69 Å². The summed E-state index contributed by atoms with van der Waals surface area (Å²) < 4.78 is 5.87. The number of hydrogen-bond acceptors (Lipinski definition) is 2. The summed E-state index contributed by atoms with van der Waals surface area (Å²) in [4.78, 5) is 0. The van der Waals surface area contributed by atoms with E-state index >= 15 is 0 Å². The fraction of sp³-hybridized carbons (Fsp3) is 0.200. The second-order valence-electron chi connectivity index (χ2n) is 4.47. The number of rotatable bonds is 2. The minimum absolute atomic E-state index is 0.639. The van der Waals surface area contributed by atoms with Crippen molar-refractivity contribution < 1.29 is 4.74 Å². The summed E-state index contributed by atoms with van der Waals surface area (Å²) in [6.07, 6.45) is 0. The van der Waals surface area contributed by atoms with Crippen molar-refractivity contribution >= 4 is 17.3 Å². The second kappa shape index (κ2) is 4.91. The van der Waals surface area contributed by atoms with Gasteiger partial charge in [-0.1, -0.05) is 23.7 Å². The molecule has 0 unspecified atom stereocenters. The molecule has 0 aromatic heterocycles. The maximum atomic E-state index is 6.13. The average Bonchev–Trinajstić information content (AvgIpc) is 2.31. The summed E-state index contributed by atoms with van der Waals surface area (Å²) in [5.74, 6) is 1.47. The Balaban J connectivity index is 2.41. The first kappa shape index (κ1) is 12.8. The lowest BCUT2D eigenvalue weighted by atomic mass is 10.1. The molecule has 0 aliphatic heterocycles. The predicted molar refractivity (Wildman–Crippen MR) is 76.6 cm³/mol. The number of hydrogen-bond donors (Lipinski definition) is 1. The molecule has 0 spiro atoms. The number of halogens is 1. The van der Waals surface area contributed by atoms with Crippen molar-refractivity contribution in [3.8, 4) is 11.5 Å². The number of nitrogens with two attached hydrogens (primary N) is 1. The van der Waals surface area contributed by atoms with Gasteiger partial charge in [0.15, 0.2) is 5.75 Å². The molecular formula is C15H16ClNO. The average molecular weight is 262 g/mol. The van der Waals surface area contributed by atoms with E-state index in [1.807, 2.05) is 51.1 Å². The number of aryl methyl sites for hydroxylation is 3. The molecule has 3 heteroatoms. The van der Waals surface area contributed by atoms with Crippen LogP contribution in [0.25, 0.3) is 0 Å². The molecule has 0 aliphatic carbocycles. The van der Waals surface area contributed by atoms with Crippen LogP contribution in [-0.4, -0.2) is 0 Å². The van der Waals surface area contributed by atoms with Gasteiger partial charge in [0.2, 0.25) is 0 Å². The van der Waals surface area contributed by atoms with Crippen LogP contribution in [0.5, 0.6) is 11.5 Å². The molecule has 0 atom stereocenters. The minimum atomic E-state index is 0.639. The third-order valence-corrected chi connectivity index (χ3v) is 3.47. The molecule has 0 aliphatic rings. The first-order valence-corrected chi connectivity index (χ1v) is 6.16. The van der Waals surface area contributed by atoms with Crippen LogP contribution in [0.2, 0.25) is 5.02 Å². The van der Waals surface area contributed by atoms with E-state index in [0.717, 1.165) is 27.5 Å². The number of ether oxygens (including phenoxy) is 1. The molecule has 94 valence electrons. The molecule has 18 heavy (non-hydrogen) atoms. The van der Waals surface area contributed by atoms with Crippen LogP contribution in [0.15, 0.2) is 30.3 Å². The highest BCUT2D eigenvalue weighted by atomic mass is 35.5. The van der Waals surface area contributed by atoms with Crippen molar-refractivity contribution in [1.82, 2.24) is 0 Å². The Labute approximate surface area is 112 Å². The Morgan fingerprint density at radius 3 is 2.17 bits per heavy atom. The Morgan fingerprint density at radius 2 is 1.61 bits per heavy atom. The van der Waals surface area contributed by atoms with Gasteiger partial charge in [-0.3, -0.25) is 0 Å². The zero-order valence-electron chi connectivity index (χ0n) is 10.8. The standard InChI is InChI=1S/C15H16ClNO/c1-9-5-4-6-13(17)15(9)18-12-7-10(2)14(16)11(3)8-12/h4-8H,17H2,1-3H3. The normalized spacial score (nSPS) is 10.4. The summed E-state index contributed by atoms with van der Waals surface area (Å²) in [5, 5.41) is 0.778. The second-order valence-corrected chi connectivity index (χ2v) is 4.84. The molecule has 0 saturated heterocycles. The van der Waals surface area contributed by atoms with E-state index < -0.39 is 0 Å². The quantitative estimate of drug-likeness (QED) is 0.800. The first-order valence-electron chi connectivity index (χ1n) is 5.78. The minimum Gasteiger partial charge on any atom is -0.455 e. The van der Waals surface area contributed by atoms with Gasteiger partial charge < -0.3 is 10.5 Å². The molecule has 0 saturated carbocycles. The Morgan fingerprint density at radius 1 is 1.00 bits per heavy atom. The van der Waals surface area contributed by atoms with Gasteiger partial charge in [-0.05, 0) is 55.7 Å². The number of nitrogen functional groups attached to an aromatic ring is 1. The smallest absolute Gasteiger partial charge is 0.153 e. The molecule has 2 N–H and O–H groups in total. The maximum Gasteiger partial charge on any atom is 0.153 e. The fourth-order valence-corrected chi connectivity index (χ4v) is 2.01. The Bertz CT molecular complexity index is 550. The molecule has 0 bridgehead atoms. The van der Waals surface area contributed by atoms with Crippen LogP contribution < -0.4 is 10.5 Å². The van der Waals surface area contributed by atoms with E-state index in [4.69, 9.17) is 22.1 Å². The van der Waals surface area contributed by atoms with Gasteiger partial charge in [0.1, 0.15) is 5.75 Å². The third-order valence-electron chi connectivity index (χ3n) is 2.87. The van der Waals surface area contributed by atoms with Gasteiger partial charge in [-0.15, -0.1) is 0 Å². The van der Waals surface area contributed by atoms with Gasteiger partial charge in [-0.25, -0.2) is 0 Å². The van der Waals surface area contributed by atoms with Crippen molar-refractivity contribution in [2.45, 2.75) is 20.8 Å². The van der Waals surface area contributed by atoms with Crippen LogP contribution in [0.1, 0.15) is 16.7 Å². The third kappa shape index (κ3) is 2.44. The highest BCUT2D eigenvalue weighted by Crippen LogP contribution is 2.33. The van der Waals surface area contributed by atoms with Crippen molar-refractivity contribution in [1.29, 1.82) is 0 Å². The van der Waals surface area contributed by atoms with E-state index in [1.54, 1.807) is 0 Å². The van der Waals surface area contributed by atoms with Crippen LogP contribution in [0, 0.1) is 20.8 Å². The summed E-state index contributed by atoms with van der Waals surface area (Å²) in [6, 6.07) is 9.55. The fourth-order valence-electron chi connectivity index (χ4n) is 1.90. The molecule has 0 fully saturated rings. The molecule has 2 rings (SSSR count). The van der Waals surface area contributed by atoms with E-state index in [2.05, 4.69) is 0 Å². The lowest BCUT2D eigenvalue weighted by Gasteiger charge is -2.13. The number of benzene rings is 2. The predicted octanol–water partition coefficient (Wildman–Crippen LogP) is 4.64. The van der Waals surface area contributed by atoms with E-state index in [1.165, 1.54) is 0 Å². The lowest BCUT2D eigenvalue weighted by molar-refractivity contribution is 0.480. The highest BCUT2D eigenvalue weighted by molar-refractivity contribution is 6.32. The molecular weight excluding hydrogens is 246 g/mol. The Kier molecular flexibility index (Phi) is 3.48. The summed E-state index contributed by atoms with van der Waals surface area (Å²) >= 11 is 6.13. The van der Waals surface area contributed by atoms with Crippen molar-refractivity contribution in [2.75, 3.05) is 5.73 Å². The molecule has 0 amide bonds. The van der Waals surface area contributed by atoms with Crippen LogP contribution >= 0.6 is 11.6 Å². The number of para-hydroxylation sites is 1. The Hall–Kier alpha value is -1.67. The van der Waals surface area contributed by atoms with Gasteiger partial charge >= 0.3 is 0 Å². The van der Waals surface area contributed by atoms with E-state index in [0.29, 0.717) is 11.4 Å². The topological polar surface area (TPSA) is 35.2 Å². The zero-order valence-corrected chi connectivity index (χ0v) is 11.5. The largest absolute Gasteiger partial charge is 0.455 e. The van der Waals surface area contributed by atoms with Crippen molar-refractivity contribution in [2.24, 2.45) is 0 Å². The maximum absolute atomic E-state index is 6.13. The molecule has 0 radical (unpaired) electrons.